The van der Waals surface area contributed by atoms with Crippen LogP contribution in [-0.4, -0.2) is 21.5 Å². The van der Waals surface area contributed by atoms with Gasteiger partial charge < -0.3 is 4.57 Å². The molecule has 5 nitrogen and oxygen atoms in total. The van der Waals surface area contributed by atoms with Crippen LogP contribution in [0.4, 0.5) is 5.69 Å². The van der Waals surface area contributed by atoms with Crippen molar-refractivity contribution in [1.29, 1.82) is 0 Å². The number of amides is 2. The first-order chi connectivity index (χ1) is 14.4. The van der Waals surface area contributed by atoms with E-state index in [1.54, 1.807) is 6.08 Å². The van der Waals surface area contributed by atoms with Gasteiger partial charge in [-0.05, 0) is 74.5 Å². The van der Waals surface area contributed by atoms with Crippen LogP contribution in [0.15, 0.2) is 66.4 Å². The van der Waals surface area contributed by atoms with Crippen LogP contribution < -0.4 is 10.2 Å². The zero-order valence-corrected chi connectivity index (χ0v) is 17.8. The van der Waals surface area contributed by atoms with Crippen LogP contribution in [0.3, 0.4) is 0 Å². The molecule has 0 saturated carbocycles. The molecule has 0 radical (unpaired) electrons. The molecule has 0 atom stereocenters. The van der Waals surface area contributed by atoms with E-state index in [2.05, 4.69) is 11.4 Å². The van der Waals surface area contributed by atoms with Gasteiger partial charge >= 0.3 is 0 Å². The molecule has 1 aliphatic heterocycles. The van der Waals surface area contributed by atoms with Crippen molar-refractivity contribution in [1.82, 2.24) is 9.88 Å². The summed E-state index contributed by atoms with van der Waals surface area (Å²) in [6.45, 7) is 5.98. The predicted molar refractivity (Wildman–Crippen MR) is 123 cm³/mol. The van der Waals surface area contributed by atoms with E-state index in [9.17, 15) is 9.59 Å². The van der Waals surface area contributed by atoms with Crippen molar-refractivity contribution < 1.29 is 9.59 Å². The molecule has 4 rings (SSSR count). The van der Waals surface area contributed by atoms with E-state index in [0.29, 0.717) is 5.69 Å². The average Bonchev–Trinajstić information content (AvgIpc) is 3.14. The van der Waals surface area contributed by atoms with Gasteiger partial charge in [-0.2, -0.15) is 0 Å². The Morgan fingerprint density at radius 1 is 0.900 bits per heavy atom. The third-order valence-electron chi connectivity index (χ3n) is 5.14. The van der Waals surface area contributed by atoms with Crippen molar-refractivity contribution in [2.24, 2.45) is 0 Å². The van der Waals surface area contributed by atoms with Crippen molar-refractivity contribution in [3.05, 3.63) is 88.8 Å². The molecule has 1 fully saturated rings. The van der Waals surface area contributed by atoms with Gasteiger partial charge in [0.2, 0.25) is 0 Å². The maximum absolute atomic E-state index is 13.3. The van der Waals surface area contributed by atoms with E-state index >= 15 is 0 Å². The molecule has 1 N–H and O–H groups in total. The summed E-state index contributed by atoms with van der Waals surface area (Å²) in [5, 5.41) is 2.73. The Kier molecular flexibility index (Phi) is 5.10. The monoisotopic (exact) mass is 415 g/mol. The van der Waals surface area contributed by atoms with E-state index in [1.165, 1.54) is 10.5 Å². The lowest BCUT2D eigenvalue weighted by Gasteiger charge is -2.30. The van der Waals surface area contributed by atoms with Crippen LogP contribution in [0.25, 0.3) is 11.8 Å². The predicted octanol–water partition coefficient (Wildman–Crippen LogP) is 4.23. The van der Waals surface area contributed by atoms with Gasteiger partial charge in [0, 0.05) is 17.6 Å². The Morgan fingerprint density at radius 2 is 1.67 bits per heavy atom. The van der Waals surface area contributed by atoms with Crippen molar-refractivity contribution in [2.45, 2.75) is 20.8 Å². The summed E-state index contributed by atoms with van der Waals surface area (Å²) in [4.78, 5) is 27.3. The minimum Gasteiger partial charge on any atom is -0.317 e. The van der Waals surface area contributed by atoms with Crippen molar-refractivity contribution in [2.75, 3.05) is 4.90 Å². The molecule has 150 valence electrons. The molecule has 0 spiro atoms. The molecule has 2 heterocycles. The van der Waals surface area contributed by atoms with E-state index in [-0.39, 0.29) is 10.7 Å². The highest BCUT2D eigenvalue weighted by molar-refractivity contribution is 7.80. The number of anilines is 1. The second-order valence-electron chi connectivity index (χ2n) is 7.34. The maximum atomic E-state index is 13.3. The fourth-order valence-electron chi connectivity index (χ4n) is 3.65. The number of carbonyl (C=O) groups excluding carboxylic acids is 2. The normalized spacial score (nSPS) is 15.6. The third-order valence-corrected chi connectivity index (χ3v) is 5.43. The highest BCUT2D eigenvalue weighted by Gasteiger charge is 2.35. The molecule has 0 aliphatic carbocycles. The lowest BCUT2D eigenvalue weighted by molar-refractivity contribution is -0.122. The fraction of sp³-hybridized carbons (Fsp3) is 0.125. The van der Waals surface area contributed by atoms with Gasteiger partial charge in [-0.15, -0.1) is 0 Å². The Hall–Kier alpha value is -3.51. The van der Waals surface area contributed by atoms with Crippen molar-refractivity contribution in [3.63, 3.8) is 0 Å². The number of nitrogens with zero attached hydrogens (tertiary/aromatic N) is 2. The zero-order valence-electron chi connectivity index (χ0n) is 17.0. The molecule has 6 heteroatoms. The molecule has 1 saturated heterocycles. The number of hydrogen-bond acceptors (Lipinski definition) is 3. The van der Waals surface area contributed by atoms with Gasteiger partial charge in [0.05, 0.1) is 5.69 Å². The SMILES string of the molecule is Cc1ccc(-n2cccc2/C=C2\C(=O)NC(=S)N(c3ccccc3C)C2=O)c(C)c1. The fourth-order valence-corrected chi connectivity index (χ4v) is 3.92. The van der Waals surface area contributed by atoms with Gasteiger partial charge in [-0.25, -0.2) is 0 Å². The standard InChI is InChI=1S/C24H21N3O2S/c1-15-10-11-20(17(3)13-15)26-12-6-8-18(26)14-19-22(28)25-24(30)27(23(19)29)21-9-5-4-7-16(21)2/h4-14H,1-3H3,(H,25,28,30)/b19-14+. The molecule has 1 aliphatic rings. The molecule has 1 aromatic heterocycles. The lowest BCUT2D eigenvalue weighted by Crippen LogP contribution is -2.54. The Labute approximate surface area is 180 Å². The number of nitrogens with one attached hydrogen (secondary N) is 1. The molecular formula is C24H21N3O2S. The first-order valence-electron chi connectivity index (χ1n) is 9.59. The second-order valence-corrected chi connectivity index (χ2v) is 7.72. The summed E-state index contributed by atoms with van der Waals surface area (Å²) in [5.41, 5.74) is 5.59. The molecule has 3 aromatic rings. The average molecular weight is 416 g/mol. The largest absolute Gasteiger partial charge is 0.317 e. The Morgan fingerprint density at radius 3 is 2.40 bits per heavy atom. The van der Waals surface area contributed by atoms with Gasteiger partial charge in [-0.3, -0.25) is 19.8 Å². The highest BCUT2D eigenvalue weighted by atomic mass is 32.1. The quantitative estimate of drug-likeness (QED) is 0.396. The summed E-state index contributed by atoms with van der Waals surface area (Å²) >= 11 is 5.30. The smallest absolute Gasteiger partial charge is 0.270 e. The van der Waals surface area contributed by atoms with Gasteiger partial charge in [0.25, 0.3) is 11.8 Å². The molecule has 30 heavy (non-hydrogen) atoms. The first kappa shape index (κ1) is 19.8. The van der Waals surface area contributed by atoms with Crippen LogP contribution in [0.2, 0.25) is 0 Å². The van der Waals surface area contributed by atoms with Crippen LogP contribution in [0.5, 0.6) is 0 Å². The van der Waals surface area contributed by atoms with E-state index in [0.717, 1.165) is 22.5 Å². The van der Waals surface area contributed by atoms with Gasteiger partial charge in [0.15, 0.2) is 5.11 Å². The van der Waals surface area contributed by atoms with Gasteiger partial charge in [-0.1, -0.05) is 35.9 Å². The van der Waals surface area contributed by atoms with E-state index in [1.807, 2.05) is 80.1 Å². The van der Waals surface area contributed by atoms with E-state index < -0.39 is 11.8 Å². The number of thiocarbonyl (C=S) groups is 1. The molecule has 2 aromatic carbocycles. The topological polar surface area (TPSA) is 54.3 Å². The second kappa shape index (κ2) is 7.72. The Balaban J connectivity index is 1.78. The summed E-state index contributed by atoms with van der Waals surface area (Å²) < 4.78 is 1.97. The lowest BCUT2D eigenvalue weighted by atomic mass is 10.1. The van der Waals surface area contributed by atoms with Crippen LogP contribution >= 0.6 is 12.2 Å². The van der Waals surface area contributed by atoms with Gasteiger partial charge in [0.1, 0.15) is 5.57 Å². The van der Waals surface area contributed by atoms with E-state index in [4.69, 9.17) is 12.2 Å². The Bertz CT molecular complexity index is 1220. The van der Waals surface area contributed by atoms with Crippen LogP contribution in [0.1, 0.15) is 22.4 Å². The number of hydrogen-bond donors (Lipinski definition) is 1. The van der Waals surface area contributed by atoms with Crippen LogP contribution in [0, 0.1) is 20.8 Å². The minimum atomic E-state index is -0.497. The first-order valence-corrected chi connectivity index (χ1v) is 9.99. The molecule has 2 amide bonds. The summed E-state index contributed by atoms with van der Waals surface area (Å²) in [6.07, 6.45) is 3.53. The molecule has 0 unspecified atom stereocenters. The maximum Gasteiger partial charge on any atom is 0.270 e. The minimum absolute atomic E-state index is 0.0385. The van der Waals surface area contributed by atoms with Crippen LogP contribution in [-0.2, 0) is 9.59 Å². The highest BCUT2D eigenvalue weighted by Crippen LogP contribution is 2.26. The molecule has 0 bridgehead atoms. The number of benzene rings is 2. The number of aromatic nitrogens is 1. The summed E-state index contributed by atoms with van der Waals surface area (Å²) in [7, 11) is 0. The summed E-state index contributed by atoms with van der Waals surface area (Å²) in [6, 6.07) is 17.4. The van der Waals surface area contributed by atoms with Crippen molar-refractivity contribution >= 4 is 40.9 Å². The number of rotatable bonds is 3. The number of aryl methyl sites for hydroxylation is 3. The molecular weight excluding hydrogens is 394 g/mol. The summed E-state index contributed by atoms with van der Waals surface area (Å²) in [5.74, 6) is -0.936. The third kappa shape index (κ3) is 3.46. The number of carbonyl (C=O) groups is 2. The zero-order chi connectivity index (χ0) is 21.4. The number of para-hydroxylation sites is 1. The van der Waals surface area contributed by atoms with Crippen molar-refractivity contribution in [3.8, 4) is 5.69 Å².